The van der Waals surface area contributed by atoms with Crippen LogP contribution in [0.5, 0.6) is 0 Å². The maximum atomic E-state index is 10.7. The van der Waals surface area contributed by atoms with Gasteiger partial charge in [0.2, 0.25) is 5.91 Å². The van der Waals surface area contributed by atoms with Crippen molar-refractivity contribution in [2.24, 2.45) is 5.73 Å². The minimum absolute atomic E-state index is 0.430. The summed E-state index contributed by atoms with van der Waals surface area (Å²) in [5.74, 6) is -0.465. The van der Waals surface area contributed by atoms with E-state index >= 15 is 0 Å². The Kier molecular flexibility index (Phi) is 1.33. The molecule has 0 saturated heterocycles. The molecule has 12 heavy (non-hydrogen) atoms. The molecule has 1 heterocycles. The number of carbonyl (C=O) groups excluding carboxylic acids is 1. The monoisotopic (exact) mass is 162 g/mol. The van der Waals surface area contributed by atoms with Gasteiger partial charge in [-0.3, -0.25) is 4.79 Å². The second-order valence-electron chi connectivity index (χ2n) is 2.40. The second kappa shape index (κ2) is 2.34. The number of nitrogens with zero attached hydrogens (tertiary/aromatic N) is 1. The Bertz CT molecular complexity index is 433. The summed E-state index contributed by atoms with van der Waals surface area (Å²) in [4.78, 5) is 14.6. The van der Waals surface area contributed by atoms with Crippen LogP contribution in [0.15, 0.2) is 29.0 Å². The van der Waals surface area contributed by atoms with Gasteiger partial charge in [-0.25, -0.2) is 4.98 Å². The summed E-state index contributed by atoms with van der Waals surface area (Å²) in [6.45, 7) is 0. The SMILES string of the molecule is NC(=O)c1ccc2ncoc2c1. The Morgan fingerprint density at radius 1 is 1.50 bits per heavy atom. The minimum atomic E-state index is -0.465. The molecule has 0 aliphatic carbocycles. The lowest BCUT2D eigenvalue weighted by molar-refractivity contribution is 0.100. The summed E-state index contributed by atoms with van der Waals surface area (Å²) in [6.07, 6.45) is 1.33. The van der Waals surface area contributed by atoms with E-state index in [-0.39, 0.29) is 0 Å². The van der Waals surface area contributed by atoms with Crippen molar-refractivity contribution in [3.05, 3.63) is 30.2 Å². The highest BCUT2D eigenvalue weighted by molar-refractivity contribution is 5.95. The van der Waals surface area contributed by atoms with Crippen molar-refractivity contribution < 1.29 is 9.21 Å². The van der Waals surface area contributed by atoms with Gasteiger partial charge in [0.05, 0.1) is 0 Å². The summed E-state index contributed by atoms with van der Waals surface area (Å²) in [6, 6.07) is 4.89. The molecule has 2 aromatic rings. The molecule has 0 bridgehead atoms. The van der Waals surface area contributed by atoms with E-state index in [0.717, 1.165) is 5.52 Å². The van der Waals surface area contributed by atoms with Gasteiger partial charge in [-0.15, -0.1) is 0 Å². The van der Waals surface area contributed by atoms with E-state index in [1.165, 1.54) is 6.39 Å². The highest BCUT2D eigenvalue weighted by atomic mass is 16.3. The molecule has 0 aliphatic heterocycles. The van der Waals surface area contributed by atoms with Crippen molar-refractivity contribution in [2.45, 2.75) is 0 Å². The molecule has 2 rings (SSSR count). The molecule has 0 atom stereocenters. The largest absolute Gasteiger partial charge is 0.443 e. The third kappa shape index (κ3) is 0.934. The van der Waals surface area contributed by atoms with E-state index in [2.05, 4.69) is 4.98 Å². The van der Waals surface area contributed by atoms with E-state index in [1.807, 2.05) is 0 Å². The predicted octanol–water partition coefficient (Wildman–Crippen LogP) is 0.927. The first-order valence-electron chi connectivity index (χ1n) is 3.40. The van der Waals surface area contributed by atoms with Crippen molar-refractivity contribution in [1.29, 1.82) is 0 Å². The number of primary amides is 1. The molecule has 4 heteroatoms. The predicted molar refractivity (Wildman–Crippen MR) is 42.5 cm³/mol. The Balaban J connectivity index is 2.68. The highest BCUT2D eigenvalue weighted by Crippen LogP contribution is 2.13. The molecule has 1 amide bonds. The number of aromatic nitrogens is 1. The third-order valence-corrected chi connectivity index (χ3v) is 1.62. The van der Waals surface area contributed by atoms with E-state index in [0.29, 0.717) is 11.1 Å². The van der Waals surface area contributed by atoms with Gasteiger partial charge >= 0.3 is 0 Å². The van der Waals surface area contributed by atoms with Crippen LogP contribution in [-0.2, 0) is 0 Å². The molecule has 0 unspecified atom stereocenters. The molecule has 1 aromatic heterocycles. The number of oxazole rings is 1. The van der Waals surface area contributed by atoms with Crippen molar-refractivity contribution in [2.75, 3.05) is 0 Å². The van der Waals surface area contributed by atoms with Gasteiger partial charge in [0.25, 0.3) is 0 Å². The topological polar surface area (TPSA) is 69.1 Å². The first kappa shape index (κ1) is 6.84. The number of carbonyl (C=O) groups is 1. The van der Waals surface area contributed by atoms with E-state index in [9.17, 15) is 4.79 Å². The molecule has 4 nitrogen and oxygen atoms in total. The van der Waals surface area contributed by atoms with Gasteiger partial charge in [-0.05, 0) is 18.2 Å². The fourth-order valence-corrected chi connectivity index (χ4v) is 1.01. The lowest BCUT2D eigenvalue weighted by atomic mass is 10.2. The van der Waals surface area contributed by atoms with Gasteiger partial charge < -0.3 is 10.2 Å². The van der Waals surface area contributed by atoms with Crippen molar-refractivity contribution >= 4 is 17.0 Å². The van der Waals surface area contributed by atoms with Crippen LogP contribution in [-0.4, -0.2) is 10.9 Å². The zero-order valence-corrected chi connectivity index (χ0v) is 6.15. The molecule has 1 aromatic carbocycles. The average Bonchev–Trinajstić information content (AvgIpc) is 2.49. The number of amides is 1. The van der Waals surface area contributed by atoms with Gasteiger partial charge in [-0.1, -0.05) is 0 Å². The zero-order valence-electron chi connectivity index (χ0n) is 6.15. The van der Waals surface area contributed by atoms with Crippen LogP contribution in [0.3, 0.4) is 0 Å². The van der Waals surface area contributed by atoms with Gasteiger partial charge in [0, 0.05) is 5.56 Å². The number of rotatable bonds is 1. The number of nitrogens with two attached hydrogens (primary N) is 1. The first-order chi connectivity index (χ1) is 5.77. The Morgan fingerprint density at radius 2 is 2.33 bits per heavy atom. The summed E-state index contributed by atoms with van der Waals surface area (Å²) >= 11 is 0. The number of fused-ring (bicyclic) bond motifs is 1. The van der Waals surface area contributed by atoms with Gasteiger partial charge in [0.15, 0.2) is 12.0 Å². The van der Waals surface area contributed by atoms with Crippen LogP contribution in [0.25, 0.3) is 11.1 Å². The molecule has 0 fully saturated rings. The Hall–Kier alpha value is -1.84. The van der Waals surface area contributed by atoms with E-state index in [4.69, 9.17) is 10.2 Å². The maximum Gasteiger partial charge on any atom is 0.248 e. The summed E-state index contributed by atoms with van der Waals surface area (Å²) in [5.41, 5.74) is 6.80. The second-order valence-corrected chi connectivity index (χ2v) is 2.40. The lowest BCUT2D eigenvalue weighted by Gasteiger charge is -1.92. The number of benzene rings is 1. The lowest BCUT2D eigenvalue weighted by Crippen LogP contribution is -2.10. The fourth-order valence-electron chi connectivity index (χ4n) is 1.01. The Morgan fingerprint density at radius 3 is 3.08 bits per heavy atom. The van der Waals surface area contributed by atoms with Crippen LogP contribution in [0.2, 0.25) is 0 Å². The van der Waals surface area contributed by atoms with Crippen molar-refractivity contribution in [1.82, 2.24) is 4.98 Å². The van der Waals surface area contributed by atoms with Crippen LogP contribution in [0, 0.1) is 0 Å². The standard InChI is InChI=1S/C8H6N2O2/c9-8(11)5-1-2-6-7(3-5)12-4-10-6/h1-4H,(H2,9,11). The maximum absolute atomic E-state index is 10.7. The molecule has 60 valence electrons. The van der Waals surface area contributed by atoms with Crippen LogP contribution in [0.4, 0.5) is 0 Å². The number of hydrogen-bond donors (Lipinski definition) is 1. The Labute approximate surface area is 68.0 Å². The summed E-state index contributed by atoms with van der Waals surface area (Å²) in [5, 5.41) is 0. The average molecular weight is 162 g/mol. The molecule has 0 aliphatic rings. The van der Waals surface area contributed by atoms with Crippen LogP contribution >= 0.6 is 0 Å². The molecule has 0 spiro atoms. The molecule has 2 N–H and O–H groups in total. The third-order valence-electron chi connectivity index (χ3n) is 1.62. The van der Waals surface area contributed by atoms with Crippen molar-refractivity contribution in [3.63, 3.8) is 0 Å². The zero-order chi connectivity index (χ0) is 8.55. The molecule has 0 saturated carbocycles. The summed E-state index contributed by atoms with van der Waals surface area (Å²) in [7, 11) is 0. The molecular formula is C8H6N2O2. The first-order valence-corrected chi connectivity index (χ1v) is 3.40. The minimum Gasteiger partial charge on any atom is -0.443 e. The highest BCUT2D eigenvalue weighted by Gasteiger charge is 2.03. The van der Waals surface area contributed by atoms with E-state index < -0.39 is 5.91 Å². The van der Waals surface area contributed by atoms with Crippen LogP contribution < -0.4 is 5.73 Å². The fraction of sp³-hybridized carbons (Fsp3) is 0. The summed E-state index contributed by atoms with van der Waals surface area (Å²) < 4.78 is 4.99. The van der Waals surface area contributed by atoms with E-state index in [1.54, 1.807) is 18.2 Å². The van der Waals surface area contributed by atoms with Gasteiger partial charge in [0.1, 0.15) is 5.52 Å². The smallest absolute Gasteiger partial charge is 0.248 e. The van der Waals surface area contributed by atoms with Gasteiger partial charge in [-0.2, -0.15) is 0 Å². The van der Waals surface area contributed by atoms with Crippen molar-refractivity contribution in [3.8, 4) is 0 Å². The normalized spacial score (nSPS) is 10.3. The number of hydrogen-bond acceptors (Lipinski definition) is 3. The quantitative estimate of drug-likeness (QED) is 0.678. The molecular weight excluding hydrogens is 156 g/mol. The molecule has 0 radical (unpaired) electrons. The van der Waals surface area contributed by atoms with Crippen LogP contribution in [0.1, 0.15) is 10.4 Å².